The maximum absolute atomic E-state index is 12.3. The molecule has 0 unspecified atom stereocenters. The van der Waals surface area contributed by atoms with Gasteiger partial charge >= 0.3 is 0 Å². The summed E-state index contributed by atoms with van der Waals surface area (Å²) in [6, 6.07) is 15.8. The number of methoxy groups -OCH3 is 1. The lowest BCUT2D eigenvalue weighted by Crippen LogP contribution is -2.25. The Bertz CT molecular complexity index is 906. The molecule has 6 heteroatoms. The molecule has 146 valence electrons. The maximum atomic E-state index is 12.3. The van der Waals surface area contributed by atoms with Crippen LogP contribution in [0.25, 0.3) is 0 Å². The van der Waals surface area contributed by atoms with Gasteiger partial charge in [0.1, 0.15) is 17.4 Å². The van der Waals surface area contributed by atoms with Crippen LogP contribution in [0.3, 0.4) is 0 Å². The number of carbonyl (C=O) groups is 1. The SMILES string of the molecule is COCc1ccccc1CNC(=O)Cc1csc(COc2ccc(C)cc2)n1. The Morgan fingerprint density at radius 1 is 1.07 bits per heavy atom. The van der Waals surface area contributed by atoms with Crippen molar-refractivity contribution in [2.45, 2.75) is 33.1 Å². The lowest BCUT2D eigenvalue weighted by Gasteiger charge is -2.09. The number of nitrogens with one attached hydrogen (secondary N) is 1. The number of carbonyl (C=O) groups excluding carboxylic acids is 1. The van der Waals surface area contributed by atoms with Gasteiger partial charge in [-0.3, -0.25) is 4.79 Å². The number of aromatic nitrogens is 1. The fraction of sp³-hybridized carbons (Fsp3) is 0.273. The van der Waals surface area contributed by atoms with Crippen LogP contribution in [0.2, 0.25) is 0 Å². The van der Waals surface area contributed by atoms with Crippen molar-refractivity contribution in [3.05, 3.63) is 81.3 Å². The number of thiazole rings is 1. The van der Waals surface area contributed by atoms with E-state index >= 15 is 0 Å². The van der Waals surface area contributed by atoms with Gasteiger partial charge in [-0.25, -0.2) is 4.98 Å². The highest BCUT2D eigenvalue weighted by Crippen LogP contribution is 2.16. The van der Waals surface area contributed by atoms with E-state index in [0.717, 1.165) is 27.6 Å². The summed E-state index contributed by atoms with van der Waals surface area (Å²) in [7, 11) is 1.66. The van der Waals surface area contributed by atoms with Crippen LogP contribution in [0.4, 0.5) is 0 Å². The first kappa shape index (κ1) is 20.0. The van der Waals surface area contributed by atoms with Gasteiger partial charge in [-0.2, -0.15) is 0 Å². The van der Waals surface area contributed by atoms with Crippen molar-refractivity contribution in [3.63, 3.8) is 0 Å². The summed E-state index contributed by atoms with van der Waals surface area (Å²) >= 11 is 1.50. The van der Waals surface area contributed by atoms with Crippen molar-refractivity contribution in [2.75, 3.05) is 7.11 Å². The fourth-order valence-electron chi connectivity index (χ4n) is 2.72. The van der Waals surface area contributed by atoms with E-state index in [0.29, 0.717) is 19.8 Å². The molecule has 28 heavy (non-hydrogen) atoms. The zero-order chi connectivity index (χ0) is 19.8. The van der Waals surface area contributed by atoms with E-state index in [-0.39, 0.29) is 12.3 Å². The Balaban J connectivity index is 1.48. The third-order valence-electron chi connectivity index (χ3n) is 4.22. The minimum absolute atomic E-state index is 0.0523. The van der Waals surface area contributed by atoms with Gasteiger partial charge < -0.3 is 14.8 Å². The molecule has 1 N–H and O–H groups in total. The minimum Gasteiger partial charge on any atom is -0.486 e. The van der Waals surface area contributed by atoms with Crippen LogP contribution < -0.4 is 10.1 Å². The number of hydrogen-bond donors (Lipinski definition) is 1. The summed E-state index contributed by atoms with van der Waals surface area (Å²) in [5.41, 5.74) is 4.09. The predicted molar refractivity (Wildman–Crippen MR) is 110 cm³/mol. The van der Waals surface area contributed by atoms with E-state index in [1.807, 2.05) is 60.8 Å². The highest BCUT2D eigenvalue weighted by Gasteiger charge is 2.09. The number of hydrogen-bond acceptors (Lipinski definition) is 5. The van der Waals surface area contributed by atoms with Crippen molar-refractivity contribution in [1.82, 2.24) is 10.3 Å². The molecular weight excluding hydrogens is 372 g/mol. The van der Waals surface area contributed by atoms with E-state index in [2.05, 4.69) is 10.3 Å². The molecule has 0 aliphatic rings. The molecule has 5 nitrogen and oxygen atoms in total. The van der Waals surface area contributed by atoms with Crippen LogP contribution >= 0.6 is 11.3 Å². The van der Waals surface area contributed by atoms with Crippen molar-refractivity contribution in [1.29, 1.82) is 0 Å². The van der Waals surface area contributed by atoms with Crippen LogP contribution in [0.1, 0.15) is 27.4 Å². The standard InChI is InChI=1S/C22H24N2O3S/c1-16-7-9-20(10-8-16)27-14-22-24-19(15-28-22)11-21(25)23-12-17-5-3-4-6-18(17)13-26-2/h3-10,15H,11-14H2,1-2H3,(H,23,25). The zero-order valence-electron chi connectivity index (χ0n) is 16.1. The number of ether oxygens (including phenoxy) is 2. The molecule has 0 saturated carbocycles. The Morgan fingerprint density at radius 3 is 2.57 bits per heavy atom. The monoisotopic (exact) mass is 396 g/mol. The van der Waals surface area contributed by atoms with E-state index in [4.69, 9.17) is 9.47 Å². The first-order valence-electron chi connectivity index (χ1n) is 9.09. The summed E-state index contributed by atoms with van der Waals surface area (Å²) in [4.78, 5) is 16.8. The average Bonchev–Trinajstić information content (AvgIpc) is 3.14. The Labute approximate surface area is 169 Å². The van der Waals surface area contributed by atoms with Crippen molar-refractivity contribution >= 4 is 17.2 Å². The molecule has 0 aliphatic carbocycles. The van der Waals surface area contributed by atoms with Gasteiger partial charge in [0.25, 0.3) is 0 Å². The summed E-state index contributed by atoms with van der Waals surface area (Å²) < 4.78 is 10.9. The largest absolute Gasteiger partial charge is 0.486 e. The van der Waals surface area contributed by atoms with Crippen LogP contribution in [0, 0.1) is 6.92 Å². The molecule has 0 bridgehead atoms. The second-order valence-electron chi connectivity index (χ2n) is 6.49. The second kappa shape index (κ2) is 10.0. The van der Waals surface area contributed by atoms with Gasteiger partial charge in [0.05, 0.1) is 18.7 Å². The van der Waals surface area contributed by atoms with Crippen molar-refractivity contribution < 1.29 is 14.3 Å². The molecule has 0 atom stereocenters. The van der Waals surface area contributed by atoms with E-state index in [1.54, 1.807) is 7.11 Å². The highest BCUT2D eigenvalue weighted by atomic mass is 32.1. The van der Waals surface area contributed by atoms with E-state index in [9.17, 15) is 4.79 Å². The molecule has 1 heterocycles. The molecule has 0 saturated heterocycles. The van der Waals surface area contributed by atoms with Crippen LogP contribution in [0.15, 0.2) is 53.9 Å². The number of aryl methyl sites for hydroxylation is 1. The van der Waals surface area contributed by atoms with Crippen LogP contribution in [0.5, 0.6) is 5.75 Å². The second-order valence-corrected chi connectivity index (χ2v) is 7.43. The predicted octanol–water partition coefficient (Wildman–Crippen LogP) is 4.04. The Kier molecular flexibility index (Phi) is 7.17. The van der Waals surface area contributed by atoms with Crippen molar-refractivity contribution in [3.8, 4) is 5.75 Å². The molecular formula is C22H24N2O3S. The number of benzene rings is 2. The zero-order valence-corrected chi connectivity index (χ0v) is 16.9. The molecule has 2 aromatic carbocycles. The van der Waals surface area contributed by atoms with Crippen LogP contribution in [-0.2, 0) is 35.7 Å². The van der Waals surface area contributed by atoms with Gasteiger partial charge in [0, 0.05) is 19.0 Å². The topological polar surface area (TPSA) is 60.5 Å². The molecule has 3 rings (SSSR count). The first-order chi connectivity index (χ1) is 13.6. The molecule has 0 radical (unpaired) electrons. The maximum Gasteiger partial charge on any atom is 0.226 e. The molecule has 1 aromatic heterocycles. The Morgan fingerprint density at radius 2 is 1.82 bits per heavy atom. The average molecular weight is 397 g/mol. The summed E-state index contributed by atoms with van der Waals surface area (Å²) in [6.45, 7) is 3.45. The van der Waals surface area contributed by atoms with E-state index < -0.39 is 0 Å². The highest BCUT2D eigenvalue weighted by molar-refractivity contribution is 7.09. The van der Waals surface area contributed by atoms with Gasteiger partial charge in [0.15, 0.2) is 0 Å². The minimum atomic E-state index is -0.0523. The van der Waals surface area contributed by atoms with Crippen molar-refractivity contribution in [2.24, 2.45) is 0 Å². The number of amides is 1. The van der Waals surface area contributed by atoms with Gasteiger partial charge in [0.2, 0.25) is 5.91 Å². The molecule has 1 amide bonds. The third-order valence-corrected chi connectivity index (χ3v) is 5.09. The molecule has 0 fully saturated rings. The van der Waals surface area contributed by atoms with Crippen LogP contribution in [-0.4, -0.2) is 18.0 Å². The summed E-state index contributed by atoms with van der Waals surface area (Å²) in [5, 5.41) is 5.72. The normalized spacial score (nSPS) is 10.6. The quantitative estimate of drug-likeness (QED) is 0.593. The lowest BCUT2D eigenvalue weighted by atomic mass is 10.1. The lowest BCUT2D eigenvalue weighted by molar-refractivity contribution is -0.120. The molecule has 0 aliphatic heterocycles. The Hall–Kier alpha value is -2.70. The van der Waals surface area contributed by atoms with Gasteiger partial charge in [-0.15, -0.1) is 11.3 Å². The van der Waals surface area contributed by atoms with Gasteiger partial charge in [-0.05, 0) is 30.2 Å². The molecule has 3 aromatic rings. The van der Waals surface area contributed by atoms with E-state index in [1.165, 1.54) is 16.9 Å². The summed E-state index contributed by atoms with van der Waals surface area (Å²) in [6.07, 6.45) is 0.257. The summed E-state index contributed by atoms with van der Waals surface area (Å²) in [5.74, 6) is 0.762. The number of nitrogens with zero attached hydrogens (tertiary/aromatic N) is 1. The number of rotatable bonds is 9. The third kappa shape index (κ3) is 5.90. The first-order valence-corrected chi connectivity index (χ1v) is 9.97. The fourth-order valence-corrected chi connectivity index (χ4v) is 3.43. The smallest absolute Gasteiger partial charge is 0.226 e. The molecule has 0 spiro atoms. The van der Waals surface area contributed by atoms with Gasteiger partial charge in [-0.1, -0.05) is 42.0 Å².